The summed E-state index contributed by atoms with van der Waals surface area (Å²) in [7, 11) is 0. The van der Waals surface area contributed by atoms with E-state index in [-0.39, 0.29) is 11.8 Å². The summed E-state index contributed by atoms with van der Waals surface area (Å²) in [6.45, 7) is 0. The molecule has 0 spiro atoms. The number of carbonyl (C=O) groups is 1. The fourth-order valence-corrected chi connectivity index (χ4v) is 2.15. The predicted molar refractivity (Wildman–Crippen MR) is 83.1 cm³/mol. The zero-order valence-corrected chi connectivity index (χ0v) is 11.9. The standard InChI is InChI=1S/C17H16N2O3/c18-14-8-6-13(7-9-14)17(20)19-16-11-21-10-15(22-16)12-4-2-1-3-5-12/h1-2,4,6-11H,3,5,18H2,(H,19,20). The molecule has 1 aliphatic heterocycles. The van der Waals surface area contributed by atoms with Gasteiger partial charge in [-0.3, -0.25) is 10.1 Å². The lowest BCUT2D eigenvalue weighted by Gasteiger charge is -2.19. The van der Waals surface area contributed by atoms with Gasteiger partial charge >= 0.3 is 0 Å². The second-order valence-electron chi connectivity index (χ2n) is 4.94. The molecule has 2 aliphatic rings. The lowest BCUT2D eigenvalue weighted by molar-refractivity contribution is 0.0925. The monoisotopic (exact) mass is 296 g/mol. The summed E-state index contributed by atoms with van der Waals surface area (Å²) in [6.07, 6.45) is 10.8. The second kappa shape index (κ2) is 6.22. The van der Waals surface area contributed by atoms with Crippen LogP contribution in [0.3, 0.4) is 0 Å². The number of allylic oxidation sites excluding steroid dienone is 4. The van der Waals surface area contributed by atoms with E-state index in [0.717, 1.165) is 18.4 Å². The first-order valence-corrected chi connectivity index (χ1v) is 6.99. The number of nitrogen functional groups attached to an aromatic ring is 1. The van der Waals surface area contributed by atoms with Crippen LogP contribution in [0.5, 0.6) is 0 Å². The molecule has 0 aromatic heterocycles. The molecular formula is C17H16N2O3. The highest BCUT2D eigenvalue weighted by atomic mass is 16.6. The SMILES string of the molecule is Nc1ccc(C(=O)NC2=COC=C(C3=CC=CCC3)O2)cc1. The van der Waals surface area contributed by atoms with Gasteiger partial charge in [0.05, 0.1) is 0 Å². The summed E-state index contributed by atoms with van der Waals surface area (Å²) in [5, 5.41) is 2.67. The smallest absolute Gasteiger partial charge is 0.258 e. The summed E-state index contributed by atoms with van der Waals surface area (Å²) in [6, 6.07) is 6.65. The Balaban J connectivity index is 1.65. The third kappa shape index (κ3) is 3.20. The molecule has 112 valence electrons. The number of amides is 1. The highest BCUT2D eigenvalue weighted by molar-refractivity contribution is 5.95. The first-order valence-electron chi connectivity index (χ1n) is 6.99. The Morgan fingerprint density at radius 1 is 1.18 bits per heavy atom. The van der Waals surface area contributed by atoms with Crippen LogP contribution in [0.4, 0.5) is 5.69 Å². The molecular weight excluding hydrogens is 280 g/mol. The first-order chi connectivity index (χ1) is 10.7. The minimum Gasteiger partial charge on any atom is -0.463 e. The number of rotatable bonds is 3. The van der Waals surface area contributed by atoms with Crippen molar-refractivity contribution >= 4 is 11.6 Å². The predicted octanol–water partition coefficient (Wildman–Crippen LogP) is 2.96. The summed E-state index contributed by atoms with van der Waals surface area (Å²) >= 11 is 0. The van der Waals surface area contributed by atoms with Gasteiger partial charge in [0, 0.05) is 11.3 Å². The Hall–Kier alpha value is -2.95. The Labute approximate surface area is 128 Å². The van der Waals surface area contributed by atoms with Crippen molar-refractivity contribution in [2.75, 3.05) is 5.73 Å². The molecule has 1 aliphatic carbocycles. The van der Waals surface area contributed by atoms with Gasteiger partial charge in [-0.25, -0.2) is 0 Å². The van der Waals surface area contributed by atoms with Crippen LogP contribution < -0.4 is 11.1 Å². The van der Waals surface area contributed by atoms with Gasteiger partial charge in [0.2, 0.25) is 5.88 Å². The second-order valence-corrected chi connectivity index (χ2v) is 4.94. The maximum absolute atomic E-state index is 12.1. The van der Waals surface area contributed by atoms with E-state index >= 15 is 0 Å². The Kier molecular flexibility index (Phi) is 3.96. The van der Waals surface area contributed by atoms with Crippen molar-refractivity contribution in [2.45, 2.75) is 12.8 Å². The number of nitrogens with one attached hydrogen (secondary N) is 1. The normalized spacial score (nSPS) is 16.6. The zero-order chi connectivity index (χ0) is 15.4. The third-order valence-corrected chi connectivity index (χ3v) is 3.31. The van der Waals surface area contributed by atoms with E-state index < -0.39 is 0 Å². The summed E-state index contributed by atoms with van der Waals surface area (Å²) < 4.78 is 10.9. The van der Waals surface area contributed by atoms with Gasteiger partial charge in [0.15, 0.2) is 12.0 Å². The number of ether oxygens (including phenoxy) is 2. The fraction of sp³-hybridized carbons (Fsp3) is 0.118. The third-order valence-electron chi connectivity index (χ3n) is 3.31. The molecule has 0 atom stereocenters. The topological polar surface area (TPSA) is 73.6 Å². The van der Waals surface area contributed by atoms with Gasteiger partial charge in [-0.05, 0) is 42.7 Å². The van der Waals surface area contributed by atoms with Gasteiger partial charge < -0.3 is 15.2 Å². The van der Waals surface area contributed by atoms with Gasteiger partial charge in [0.25, 0.3) is 5.91 Å². The van der Waals surface area contributed by atoms with Crippen molar-refractivity contribution in [3.05, 3.63) is 77.8 Å². The van der Waals surface area contributed by atoms with Crippen molar-refractivity contribution in [2.24, 2.45) is 0 Å². The Bertz CT molecular complexity index is 697. The van der Waals surface area contributed by atoms with E-state index in [9.17, 15) is 4.79 Å². The number of nitrogens with two attached hydrogens (primary N) is 1. The number of benzene rings is 1. The molecule has 3 rings (SSSR count). The van der Waals surface area contributed by atoms with E-state index in [0.29, 0.717) is 17.0 Å². The molecule has 0 fully saturated rings. The minimum atomic E-state index is -0.284. The average Bonchev–Trinajstić information content (AvgIpc) is 2.56. The molecule has 1 heterocycles. The lowest BCUT2D eigenvalue weighted by atomic mass is 10.0. The van der Waals surface area contributed by atoms with E-state index in [1.54, 1.807) is 24.3 Å². The number of carbonyl (C=O) groups excluding carboxylic acids is 1. The molecule has 22 heavy (non-hydrogen) atoms. The quantitative estimate of drug-likeness (QED) is 0.841. The molecule has 0 unspecified atom stereocenters. The van der Waals surface area contributed by atoms with Gasteiger partial charge in [-0.1, -0.05) is 18.2 Å². The number of hydrogen-bond acceptors (Lipinski definition) is 4. The van der Waals surface area contributed by atoms with Crippen LogP contribution in [-0.4, -0.2) is 5.91 Å². The van der Waals surface area contributed by atoms with Crippen LogP contribution in [0.2, 0.25) is 0 Å². The molecule has 0 saturated carbocycles. The molecule has 1 aromatic carbocycles. The Morgan fingerprint density at radius 3 is 2.73 bits per heavy atom. The summed E-state index contributed by atoms with van der Waals surface area (Å²) in [5.74, 6) is 0.586. The number of anilines is 1. The average molecular weight is 296 g/mol. The van der Waals surface area contributed by atoms with Crippen molar-refractivity contribution in [3.63, 3.8) is 0 Å². The molecule has 0 bridgehead atoms. The van der Waals surface area contributed by atoms with Gasteiger partial charge in [-0.2, -0.15) is 0 Å². The summed E-state index contributed by atoms with van der Waals surface area (Å²) in [5.41, 5.74) is 7.74. The van der Waals surface area contributed by atoms with Crippen LogP contribution in [0, 0.1) is 0 Å². The molecule has 1 amide bonds. The van der Waals surface area contributed by atoms with E-state index in [1.165, 1.54) is 12.5 Å². The minimum absolute atomic E-state index is 0.259. The van der Waals surface area contributed by atoms with E-state index in [4.69, 9.17) is 15.2 Å². The van der Waals surface area contributed by atoms with Crippen LogP contribution in [0.1, 0.15) is 23.2 Å². The highest BCUT2D eigenvalue weighted by Crippen LogP contribution is 2.25. The Morgan fingerprint density at radius 2 is 2.00 bits per heavy atom. The van der Waals surface area contributed by atoms with Crippen molar-refractivity contribution in [3.8, 4) is 0 Å². The molecule has 0 saturated heterocycles. The lowest BCUT2D eigenvalue weighted by Crippen LogP contribution is -2.25. The zero-order valence-electron chi connectivity index (χ0n) is 11.9. The van der Waals surface area contributed by atoms with E-state index in [2.05, 4.69) is 11.4 Å². The molecule has 3 N–H and O–H groups in total. The van der Waals surface area contributed by atoms with Crippen LogP contribution in [0.25, 0.3) is 0 Å². The highest BCUT2D eigenvalue weighted by Gasteiger charge is 2.17. The fourth-order valence-electron chi connectivity index (χ4n) is 2.15. The van der Waals surface area contributed by atoms with Crippen molar-refractivity contribution < 1.29 is 14.3 Å². The van der Waals surface area contributed by atoms with Crippen LogP contribution in [-0.2, 0) is 9.47 Å². The van der Waals surface area contributed by atoms with Gasteiger partial charge in [-0.15, -0.1) is 0 Å². The molecule has 0 radical (unpaired) electrons. The molecule has 5 heteroatoms. The summed E-state index contributed by atoms with van der Waals surface area (Å²) in [4.78, 5) is 12.1. The maximum Gasteiger partial charge on any atom is 0.258 e. The van der Waals surface area contributed by atoms with Crippen LogP contribution in [0.15, 0.2) is 72.2 Å². The number of hydrogen-bond donors (Lipinski definition) is 2. The van der Waals surface area contributed by atoms with Gasteiger partial charge in [0.1, 0.15) is 6.26 Å². The van der Waals surface area contributed by atoms with Crippen molar-refractivity contribution in [1.29, 1.82) is 0 Å². The first kappa shape index (κ1) is 14.0. The van der Waals surface area contributed by atoms with Crippen molar-refractivity contribution in [1.82, 2.24) is 5.32 Å². The van der Waals surface area contributed by atoms with Crippen LogP contribution >= 0.6 is 0 Å². The molecule has 1 aromatic rings. The maximum atomic E-state index is 12.1. The molecule has 5 nitrogen and oxygen atoms in total. The largest absolute Gasteiger partial charge is 0.463 e. The van der Waals surface area contributed by atoms with E-state index in [1.807, 2.05) is 12.2 Å².